The number of hydrogen-bond donors (Lipinski definition) is 2. The van der Waals surface area contributed by atoms with Crippen LogP contribution in [0.3, 0.4) is 0 Å². The Labute approximate surface area is 134 Å². The van der Waals surface area contributed by atoms with Gasteiger partial charge < -0.3 is 15.4 Å². The van der Waals surface area contributed by atoms with Crippen molar-refractivity contribution in [2.24, 2.45) is 5.92 Å². The Morgan fingerprint density at radius 3 is 2.55 bits per heavy atom. The first-order valence-corrected chi connectivity index (χ1v) is 9.36. The van der Waals surface area contributed by atoms with E-state index in [4.69, 9.17) is 4.74 Å². The second kappa shape index (κ2) is 7.31. The van der Waals surface area contributed by atoms with E-state index < -0.39 is 0 Å². The third kappa shape index (κ3) is 4.02. The van der Waals surface area contributed by atoms with Gasteiger partial charge in [-0.3, -0.25) is 4.79 Å². The number of rotatable bonds is 5. The third-order valence-corrected chi connectivity index (χ3v) is 5.73. The van der Waals surface area contributed by atoms with Crippen LogP contribution < -0.4 is 10.6 Å². The molecule has 3 fully saturated rings. The Morgan fingerprint density at radius 2 is 1.91 bits per heavy atom. The van der Waals surface area contributed by atoms with Crippen LogP contribution >= 0.6 is 0 Å². The van der Waals surface area contributed by atoms with Gasteiger partial charge in [0, 0.05) is 18.1 Å². The van der Waals surface area contributed by atoms with E-state index in [1.807, 2.05) is 0 Å². The minimum atomic E-state index is -0.261. The molecule has 5 atom stereocenters. The molecule has 0 radical (unpaired) electrons. The normalized spacial score (nSPS) is 39.5. The number of ether oxygens (including phenoxy) is 1. The molecule has 2 heterocycles. The molecule has 4 nitrogen and oxygen atoms in total. The van der Waals surface area contributed by atoms with Crippen molar-refractivity contribution in [2.45, 2.75) is 102 Å². The van der Waals surface area contributed by atoms with Crippen molar-refractivity contribution in [3.63, 3.8) is 0 Å². The SMILES string of the molecule is CCC(OC1CCCC(C)C1)C(=O)NC1CC2CCC(C1)N2. The zero-order chi connectivity index (χ0) is 15.5. The molecule has 5 unspecified atom stereocenters. The van der Waals surface area contributed by atoms with Crippen molar-refractivity contribution in [3.05, 3.63) is 0 Å². The summed E-state index contributed by atoms with van der Waals surface area (Å²) in [6.07, 6.45) is 10.3. The summed E-state index contributed by atoms with van der Waals surface area (Å²) in [5.41, 5.74) is 0. The van der Waals surface area contributed by atoms with Gasteiger partial charge >= 0.3 is 0 Å². The lowest BCUT2D eigenvalue weighted by molar-refractivity contribution is -0.140. The zero-order valence-electron chi connectivity index (χ0n) is 14.1. The summed E-state index contributed by atoms with van der Waals surface area (Å²) < 4.78 is 6.16. The van der Waals surface area contributed by atoms with Crippen LogP contribution in [0.5, 0.6) is 0 Å². The van der Waals surface area contributed by atoms with Crippen molar-refractivity contribution in [1.82, 2.24) is 10.6 Å². The molecule has 0 aromatic heterocycles. The highest BCUT2D eigenvalue weighted by molar-refractivity contribution is 5.81. The highest BCUT2D eigenvalue weighted by Crippen LogP contribution is 2.28. The summed E-state index contributed by atoms with van der Waals surface area (Å²) in [5, 5.41) is 6.89. The second-order valence-electron chi connectivity index (χ2n) is 7.74. The van der Waals surface area contributed by atoms with Gasteiger partial charge in [-0.05, 0) is 50.9 Å². The first kappa shape index (κ1) is 16.3. The molecule has 2 saturated heterocycles. The van der Waals surface area contributed by atoms with Crippen LogP contribution in [0.15, 0.2) is 0 Å². The summed E-state index contributed by atoms with van der Waals surface area (Å²) in [6, 6.07) is 1.57. The molecule has 2 bridgehead atoms. The van der Waals surface area contributed by atoms with E-state index in [0.29, 0.717) is 18.1 Å². The molecule has 0 aromatic rings. The minimum Gasteiger partial charge on any atom is -0.365 e. The van der Waals surface area contributed by atoms with E-state index in [0.717, 1.165) is 38.0 Å². The van der Waals surface area contributed by atoms with E-state index in [1.54, 1.807) is 0 Å². The van der Waals surface area contributed by atoms with Crippen LogP contribution in [-0.2, 0) is 9.53 Å². The molecule has 126 valence electrons. The fraction of sp³-hybridized carbons (Fsp3) is 0.944. The van der Waals surface area contributed by atoms with Crippen molar-refractivity contribution >= 4 is 5.91 Å². The summed E-state index contributed by atoms with van der Waals surface area (Å²) in [7, 11) is 0. The average Bonchev–Trinajstić information content (AvgIpc) is 2.83. The molecule has 22 heavy (non-hydrogen) atoms. The Kier molecular flexibility index (Phi) is 5.40. The Hall–Kier alpha value is -0.610. The minimum absolute atomic E-state index is 0.118. The van der Waals surface area contributed by atoms with Crippen LogP contribution in [-0.4, -0.2) is 36.2 Å². The van der Waals surface area contributed by atoms with E-state index in [2.05, 4.69) is 24.5 Å². The fourth-order valence-corrected chi connectivity index (χ4v) is 4.55. The molecular weight excluding hydrogens is 276 g/mol. The van der Waals surface area contributed by atoms with Crippen LogP contribution in [0.4, 0.5) is 0 Å². The Morgan fingerprint density at radius 1 is 1.18 bits per heavy atom. The van der Waals surface area contributed by atoms with Crippen molar-refractivity contribution in [3.8, 4) is 0 Å². The van der Waals surface area contributed by atoms with E-state index in [1.165, 1.54) is 25.7 Å². The smallest absolute Gasteiger partial charge is 0.249 e. The third-order valence-electron chi connectivity index (χ3n) is 5.73. The zero-order valence-corrected chi connectivity index (χ0v) is 14.1. The summed E-state index contributed by atoms with van der Waals surface area (Å²) in [4.78, 5) is 12.6. The number of piperidine rings is 1. The van der Waals surface area contributed by atoms with Crippen molar-refractivity contribution < 1.29 is 9.53 Å². The van der Waals surface area contributed by atoms with Gasteiger partial charge in [-0.15, -0.1) is 0 Å². The van der Waals surface area contributed by atoms with Gasteiger partial charge in [0.05, 0.1) is 6.10 Å². The quantitative estimate of drug-likeness (QED) is 0.821. The monoisotopic (exact) mass is 308 g/mol. The molecule has 3 rings (SSSR count). The maximum absolute atomic E-state index is 12.6. The summed E-state index contributed by atoms with van der Waals surface area (Å²) in [5.74, 6) is 0.853. The number of fused-ring (bicyclic) bond motifs is 2. The van der Waals surface area contributed by atoms with Gasteiger partial charge in [-0.1, -0.05) is 26.7 Å². The van der Waals surface area contributed by atoms with Gasteiger partial charge in [0.15, 0.2) is 0 Å². The number of amides is 1. The van der Waals surface area contributed by atoms with E-state index in [-0.39, 0.29) is 18.1 Å². The lowest BCUT2D eigenvalue weighted by Gasteiger charge is -2.33. The average molecular weight is 308 g/mol. The second-order valence-corrected chi connectivity index (χ2v) is 7.74. The summed E-state index contributed by atoms with van der Waals surface area (Å²) in [6.45, 7) is 4.35. The van der Waals surface area contributed by atoms with E-state index in [9.17, 15) is 4.79 Å². The Bertz CT molecular complexity index is 375. The van der Waals surface area contributed by atoms with Gasteiger partial charge in [0.2, 0.25) is 5.91 Å². The molecule has 4 heteroatoms. The molecule has 2 N–H and O–H groups in total. The van der Waals surface area contributed by atoms with Crippen molar-refractivity contribution in [1.29, 1.82) is 0 Å². The predicted octanol–water partition coefficient (Wildman–Crippen LogP) is 2.76. The fourth-order valence-electron chi connectivity index (χ4n) is 4.55. The standard InChI is InChI=1S/C18H32N2O2/c1-3-17(22-16-6-4-5-12(2)9-16)18(21)20-15-10-13-7-8-14(11-15)19-13/h12-17,19H,3-11H2,1-2H3,(H,20,21). The van der Waals surface area contributed by atoms with Crippen LogP contribution in [0.25, 0.3) is 0 Å². The molecule has 2 aliphatic heterocycles. The lowest BCUT2D eigenvalue weighted by Crippen LogP contribution is -2.51. The van der Waals surface area contributed by atoms with Crippen LogP contribution in [0, 0.1) is 5.92 Å². The largest absolute Gasteiger partial charge is 0.365 e. The summed E-state index contributed by atoms with van der Waals surface area (Å²) >= 11 is 0. The number of carbonyl (C=O) groups is 1. The lowest BCUT2D eigenvalue weighted by atomic mass is 9.88. The maximum Gasteiger partial charge on any atom is 0.249 e. The Balaban J connectivity index is 1.48. The molecule has 1 saturated carbocycles. The van der Waals surface area contributed by atoms with Gasteiger partial charge in [-0.2, -0.15) is 0 Å². The van der Waals surface area contributed by atoms with Gasteiger partial charge in [-0.25, -0.2) is 0 Å². The maximum atomic E-state index is 12.6. The molecule has 1 amide bonds. The number of carbonyl (C=O) groups excluding carboxylic acids is 1. The highest BCUT2D eigenvalue weighted by atomic mass is 16.5. The van der Waals surface area contributed by atoms with Gasteiger partial charge in [0.1, 0.15) is 6.10 Å². The van der Waals surface area contributed by atoms with E-state index >= 15 is 0 Å². The molecule has 0 aromatic carbocycles. The number of nitrogens with one attached hydrogen (secondary N) is 2. The first-order valence-electron chi connectivity index (χ1n) is 9.36. The van der Waals surface area contributed by atoms with Gasteiger partial charge in [0.25, 0.3) is 0 Å². The first-order chi connectivity index (χ1) is 10.6. The van der Waals surface area contributed by atoms with Crippen LogP contribution in [0.2, 0.25) is 0 Å². The van der Waals surface area contributed by atoms with Crippen LogP contribution in [0.1, 0.15) is 71.6 Å². The van der Waals surface area contributed by atoms with Crippen molar-refractivity contribution in [2.75, 3.05) is 0 Å². The molecular formula is C18H32N2O2. The number of hydrogen-bond acceptors (Lipinski definition) is 3. The predicted molar refractivity (Wildman–Crippen MR) is 87.7 cm³/mol. The topological polar surface area (TPSA) is 50.4 Å². The molecule has 0 spiro atoms. The molecule has 3 aliphatic rings. The highest BCUT2D eigenvalue weighted by Gasteiger charge is 2.35. The molecule has 1 aliphatic carbocycles.